The Kier molecular flexibility index (Phi) is 5.54. The number of unbranched alkanes of at least 4 members (excludes halogenated alkanes) is 1. The van der Waals surface area contributed by atoms with E-state index in [1.165, 1.54) is 0 Å². The van der Waals surface area contributed by atoms with Crippen LogP contribution in [0.15, 0.2) is 4.52 Å². The molecule has 2 N–H and O–H groups in total. The lowest BCUT2D eigenvalue weighted by atomic mass is 10.1. The minimum absolute atomic E-state index is 0.0943. The lowest BCUT2D eigenvalue weighted by Crippen LogP contribution is -2.41. The van der Waals surface area contributed by atoms with Gasteiger partial charge in [0.1, 0.15) is 11.8 Å². The van der Waals surface area contributed by atoms with Crippen LogP contribution in [-0.4, -0.2) is 28.2 Å². The number of hydrogen-bond donors (Lipinski definition) is 2. The van der Waals surface area contributed by atoms with Gasteiger partial charge in [-0.3, -0.25) is 4.79 Å². The molecule has 0 spiro atoms. The molecule has 0 saturated carbocycles. The zero-order chi connectivity index (χ0) is 14.4. The summed E-state index contributed by atoms with van der Waals surface area (Å²) in [5.74, 6) is -0.730. The van der Waals surface area contributed by atoms with E-state index in [0.717, 1.165) is 18.4 Å². The van der Waals surface area contributed by atoms with Crippen molar-refractivity contribution < 1.29 is 19.2 Å². The average Bonchev–Trinajstić information content (AvgIpc) is 2.66. The molecule has 1 heterocycles. The van der Waals surface area contributed by atoms with Crippen molar-refractivity contribution in [2.75, 3.05) is 0 Å². The molecule has 1 aromatic rings. The molecule has 0 fully saturated rings. The summed E-state index contributed by atoms with van der Waals surface area (Å²) in [6, 6.07) is -0.826. The van der Waals surface area contributed by atoms with Crippen LogP contribution >= 0.6 is 0 Å². The Hall–Kier alpha value is -1.85. The van der Waals surface area contributed by atoms with Gasteiger partial charge in [-0.1, -0.05) is 24.9 Å². The Morgan fingerprint density at radius 2 is 2.11 bits per heavy atom. The molecule has 0 aromatic carbocycles. The standard InChI is InChI=1S/C13H20N2O4/c1-4-5-6-11(13(17)18)14-12(16)7-10-8(2)15-19-9(10)3/h11H,4-7H2,1-3H3,(H,14,16)(H,17,18)/t11-/m0/s1. The highest BCUT2D eigenvalue weighted by molar-refractivity contribution is 5.85. The van der Waals surface area contributed by atoms with Gasteiger partial charge in [0.2, 0.25) is 5.91 Å². The van der Waals surface area contributed by atoms with Crippen molar-refractivity contribution in [3.63, 3.8) is 0 Å². The van der Waals surface area contributed by atoms with Gasteiger partial charge in [-0.25, -0.2) is 4.79 Å². The van der Waals surface area contributed by atoms with Gasteiger partial charge in [-0.05, 0) is 20.3 Å². The van der Waals surface area contributed by atoms with Crippen molar-refractivity contribution in [1.82, 2.24) is 10.5 Å². The summed E-state index contributed by atoms with van der Waals surface area (Å²) in [6.07, 6.45) is 2.20. The number of carbonyl (C=O) groups excluding carboxylic acids is 1. The van der Waals surface area contributed by atoms with Crippen molar-refractivity contribution in [1.29, 1.82) is 0 Å². The van der Waals surface area contributed by atoms with Gasteiger partial charge in [0, 0.05) is 5.56 Å². The van der Waals surface area contributed by atoms with E-state index in [1.807, 2.05) is 6.92 Å². The summed E-state index contributed by atoms with van der Waals surface area (Å²) in [6.45, 7) is 5.46. The van der Waals surface area contributed by atoms with Crippen LogP contribution in [0.25, 0.3) is 0 Å². The summed E-state index contributed by atoms with van der Waals surface area (Å²) in [4.78, 5) is 22.9. The van der Waals surface area contributed by atoms with Crippen LogP contribution in [0.3, 0.4) is 0 Å². The largest absolute Gasteiger partial charge is 0.480 e. The molecule has 0 aliphatic rings. The SMILES string of the molecule is CCCC[C@H](NC(=O)Cc1c(C)noc1C)C(=O)O. The van der Waals surface area contributed by atoms with E-state index in [4.69, 9.17) is 9.63 Å². The maximum atomic E-state index is 11.8. The summed E-state index contributed by atoms with van der Waals surface area (Å²) in [5, 5.41) is 15.3. The monoisotopic (exact) mass is 268 g/mol. The van der Waals surface area contributed by atoms with E-state index in [1.54, 1.807) is 13.8 Å². The van der Waals surface area contributed by atoms with E-state index < -0.39 is 12.0 Å². The number of amides is 1. The predicted octanol–water partition coefficient (Wildman–Crippen LogP) is 1.59. The number of carboxylic acid groups (broad SMARTS) is 1. The molecule has 1 aromatic heterocycles. The number of rotatable bonds is 7. The molecular weight excluding hydrogens is 248 g/mol. The molecule has 0 aliphatic carbocycles. The van der Waals surface area contributed by atoms with Crippen molar-refractivity contribution in [2.45, 2.75) is 52.5 Å². The molecule has 19 heavy (non-hydrogen) atoms. The molecule has 6 nitrogen and oxygen atoms in total. The van der Waals surface area contributed by atoms with E-state index in [2.05, 4.69) is 10.5 Å². The number of carbonyl (C=O) groups is 2. The molecular formula is C13H20N2O4. The van der Waals surface area contributed by atoms with Gasteiger partial charge in [0.25, 0.3) is 0 Å². The molecule has 1 amide bonds. The van der Waals surface area contributed by atoms with E-state index in [-0.39, 0.29) is 12.3 Å². The highest BCUT2D eigenvalue weighted by atomic mass is 16.5. The number of aliphatic carboxylic acids is 1. The second-order valence-corrected chi connectivity index (χ2v) is 4.58. The van der Waals surface area contributed by atoms with Crippen molar-refractivity contribution in [3.05, 3.63) is 17.0 Å². The lowest BCUT2D eigenvalue weighted by molar-refractivity contribution is -0.142. The third kappa shape index (κ3) is 4.39. The molecule has 0 aliphatic heterocycles. The van der Waals surface area contributed by atoms with Crippen LogP contribution in [-0.2, 0) is 16.0 Å². The minimum Gasteiger partial charge on any atom is -0.480 e. The number of nitrogens with one attached hydrogen (secondary N) is 1. The van der Waals surface area contributed by atoms with Crippen LogP contribution < -0.4 is 5.32 Å². The van der Waals surface area contributed by atoms with Crippen LogP contribution in [0.4, 0.5) is 0 Å². The fourth-order valence-electron chi connectivity index (χ4n) is 1.83. The smallest absolute Gasteiger partial charge is 0.326 e. The Morgan fingerprint density at radius 3 is 2.58 bits per heavy atom. The summed E-state index contributed by atoms with van der Waals surface area (Å²) >= 11 is 0. The summed E-state index contributed by atoms with van der Waals surface area (Å²) in [7, 11) is 0. The number of nitrogens with zero attached hydrogens (tertiary/aromatic N) is 1. The molecule has 0 radical (unpaired) electrons. The van der Waals surface area contributed by atoms with Crippen molar-refractivity contribution >= 4 is 11.9 Å². The number of hydrogen-bond acceptors (Lipinski definition) is 4. The Morgan fingerprint density at radius 1 is 1.42 bits per heavy atom. The van der Waals surface area contributed by atoms with Crippen LogP contribution in [0.2, 0.25) is 0 Å². The van der Waals surface area contributed by atoms with Crippen molar-refractivity contribution in [2.24, 2.45) is 0 Å². The van der Waals surface area contributed by atoms with E-state index in [9.17, 15) is 9.59 Å². The minimum atomic E-state index is -0.999. The summed E-state index contributed by atoms with van der Waals surface area (Å²) < 4.78 is 4.97. The molecule has 0 saturated heterocycles. The Labute approximate surface area is 112 Å². The van der Waals surface area contributed by atoms with Crippen LogP contribution in [0.5, 0.6) is 0 Å². The molecule has 1 rings (SSSR count). The highest BCUT2D eigenvalue weighted by Gasteiger charge is 2.21. The fraction of sp³-hybridized carbons (Fsp3) is 0.615. The number of aryl methyl sites for hydroxylation is 2. The fourth-order valence-corrected chi connectivity index (χ4v) is 1.83. The van der Waals surface area contributed by atoms with Gasteiger partial charge in [0.15, 0.2) is 0 Å². The van der Waals surface area contributed by atoms with Gasteiger partial charge < -0.3 is 14.9 Å². The first-order chi connectivity index (χ1) is 8.95. The first kappa shape index (κ1) is 15.2. The van der Waals surface area contributed by atoms with Gasteiger partial charge in [-0.15, -0.1) is 0 Å². The van der Waals surface area contributed by atoms with E-state index >= 15 is 0 Å². The highest BCUT2D eigenvalue weighted by Crippen LogP contribution is 2.13. The first-order valence-corrected chi connectivity index (χ1v) is 6.39. The number of aromatic nitrogens is 1. The molecule has 6 heteroatoms. The lowest BCUT2D eigenvalue weighted by Gasteiger charge is -2.13. The van der Waals surface area contributed by atoms with Crippen LogP contribution in [0.1, 0.15) is 43.2 Å². The maximum absolute atomic E-state index is 11.8. The zero-order valence-corrected chi connectivity index (χ0v) is 11.5. The Bertz CT molecular complexity index is 434. The third-order valence-electron chi connectivity index (χ3n) is 3.00. The van der Waals surface area contributed by atoms with E-state index in [0.29, 0.717) is 17.9 Å². The molecule has 106 valence electrons. The topological polar surface area (TPSA) is 92.4 Å². The number of carboxylic acids is 1. The molecule has 1 atom stereocenters. The molecule has 0 unspecified atom stereocenters. The maximum Gasteiger partial charge on any atom is 0.326 e. The summed E-state index contributed by atoms with van der Waals surface area (Å²) in [5.41, 5.74) is 1.38. The second kappa shape index (κ2) is 6.92. The van der Waals surface area contributed by atoms with Gasteiger partial charge >= 0.3 is 5.97 Å². The Balaban J connectivity index is 2.60. The molecule has 0 bridgehead atoms. The predicted molar refractivity (Wildman–Crippen MR) is 68.8 cm³/mol. The van der Waals surface area contributed by atoms with Crippen molar-refractivity contribution in [3.8, 4) is 0 Å². The first-order valence-electron chi connectivity index (χ1n) is 6.39. The zero-order valence-electron chi connectivity index (χ0n) is 11.5. The average molecular weight is 268 g/mol. The van der Waals surface area contributed by atoms with Gasteiger partial charge in [-0.2, -0.15) is 0 Å². The third-order valence-corrected chi connectivity index (χ3v) is 3.00. The van der Waals surface area contributed by atoms with Crippen LogP contribution in [0, 0.1) is 13.8 Å². The van der Waals surface area contributed by atoms with Gasteiger partial charge in [0.05, 0.1) is 12.1 Å². The quantitative estimate of drug-likeness (QED) is 0.783. The normalized spacial score (nSPS) is 12.2. The second-order valence-electron chi connectivity index (χ2n) is 4.58.